The summed E-state index contributed by atoms with van der Waals surface area (Å²) in [5, 5.41) is 3.80. The molecule has 2 heteroatoms. The molecule has 0 aromatic heterocycles. The van der Waals surface area contributed by atoms with Gasteiger partial charge in [-0.05, 0) is 63.6 Å². The first-order valence-electron chi connectivity index (χ1n) is 8.16. The first-order valence-corrected chi connectivity index (χ1v) is 8.16. The van der Waals surface area contributed by atoms with Gasteiger partial charge in [-0.25, -0.2) is 0 Å². The normalized spacial score (nSPS) is 27.7. The maximum Gasteiger partial charge on any atom is 0.0198 e. The molecule has 1 aliphatic heterocycles. The second-order valence-electron chi connectivity index (χ2n) is 7.06. The van der Waals surface area contributed by atoms with Gasteiger partial charge in [0.25, 0.3) is 0 Å². The molecule has 0 bridgehead atoms. The Morgan fingerprint density at radius 3 is 2.55 bits per heavy atom. The van der Waals surface area contributed by atoms with E-state index in [1.54, 1.807) is 0 Å². The number of likely N-dealkylation sites (N-methyl/N-ethyl adjacent to an activating group) is 1. The number of hydrogen-bond donors (Lipinski definition) is 1. The second-order valence-corrected chi connectivity index (χ2v) is 7.06. The zero-order valence-corrected chi connectivity index (χ0v) is 12.9. The smallest absolute Gasteiger partial charge is 0.0198 e. The number of nitrogens with one attached hydrogen (secondary N) is 1. The molecule has 2 aliphatic rings. The average Bonchev–Trinajstić information content (AvgIpc) is 3.23. The minimum Gasteiger partial charge on any atom is -0.312 e. The summed E-state index contributed by atoms with van der Waals surface area (Å²) in [6, 6.07) is 9.78. The van der Waals surface area contributed by atoms with E-state index in [4.69, 9.17) is 0 Å². The molecule has 2 unspecified atom stereocenters. The molecule has 0 radical (unpaired) electrons. The summed E-state index contributed by atoms with van der Waals surface area (Å²) in [5.41, 5.74) is 2.86. The van der Waals surface area contributed by atoms with Gasteiger partial charge in [-0.1, -0.05) is 29.8 Å². The number of hydrogen-bond acceptors (Lipinski definition) is 2. The molecule has 20 heavy (non-hydrogen) atoms. The SMILES string of the molecule is Cc1ccc(CC2CC(NCC3CC3)CN(C)C2)cc1. The molecule has 1 saturated heterocycles. The van der Waals surface area contributed by atoms with Gasteiger partial charge in [-0.2, -0.15) is 0 Å². The Balaban J connectivity index is 1.53. The van der Waals surface area contributed by atoms with Gasteiger partial charge in [0, 0.05) is 19.1 Å². The molecule has 0 amide bonds. The third kappa shape index (κ3) is 4.07. The van der Waals surface area contributed by atoms with Crippen molar-refractivity contribution >= 4 is 0 Å². The molecule has 2 nitrogen and oxygen atoms in total. The summed E-state index contributed by atoms with van der Waals surface area (Å²) in [5.74, 6) is 1.78. The highest BCUT2D eigenvalue weighted by Crippen LogP contribution is 2.28. The summed E-state index contributed by atoms with van der Waals surface area (Å²) >= 11 is 0. The molecule has 1 saturated carbocycles. The van der Waals surface area contributed by atoms with E-state index < -0.39 is 0 Å². The van der Waals surface area contributed by atoms with Crippen molar-refractivity contribution in [1.82, 2.24) is 10.2 Å². The molecule has 3 rings (SSSR count). The second kappa shape index (κ2) is 6.28. The van der Waals surface area contributed by atoms with Gasteiger partial charge in [0.15, 0.2) is 0 Å². The lowest BCUT2D eigenvalue weighted by Crippen LogP contribution is -2.48. The van der Waals surface area contributed by atoms with E-state index in [-0.39, 0.29) is 0 Å². The highest BCUT2D eigenvalue weighted by Gasteiger charge is 2.27. The fourth-order valence-electron chi connectivity index (χ4n) is 3.45. The van der Waals surface area contributed by atoms with E-state index in [9.17, 15) is 0 Å². The predicted molar refractivity (Wildman–Crippen MR) is 85.0 cm³/mol. The van der Waals surface area contributed by atoms with Crippen molar-refractivity contribution in [3.63, 3.8) is 0 Å². The van der Waals surface area contributed by atoms with Gasteiger partial charge >= 0.3 is 0 Å². The van der Waals surface area contributed by atoms with E-state index in [1.807, 2.05) is 0 Å². The highest BCUT2D eigenvalue weighted by molar-refractivity contribution is 5.21. The van der Waals surface area contributed by atoms with Gasteiger partial charge in [-0.3, -0.25) is 0 Å². The van der Waals surface area contributed by atoms with E-state index in [1.165, 1.54) is 56.4 Å². The van der Waals surface area contributed by atoms with Crippen molar-refractivity contribution in [2.75, 3.05) is 26.7 Å². The summed E-state index contributed by atoms with van der Waals surface area (Å²) in [4.78, 5) is 2.51. The van der Waals surface area contributed by atoms with Crippen molar-refractivity contribution in [3.8, 4) is 0 Å². The number of aryl methyl sites for hydroxylation is 1. The largest absolute Gasteiger partial charge is 0.312 e. The maximum atomic E-state index is 3.80. The zero-order valence-electron chi connectivity index (χ0n) is 12.9. The standard InChI is InChI=1S/C18H28N2/c1-14-3-5-15(6-4-14)9-17-10-18(13-20(2)12-17)19-11-16-7-8-16/h3-6,16-19H,7-13H2,1-2H3. The van der Waals surface area contributed by atoms with E-state index in [0.717, 1.165) is 11.8 Å². The van der Waals surface area contributed by atoms with Crippen LogP contribution >= 0.6 is 0 Å². The molecule has 1 aromatic carbocycles. The number of benzene rings is 1. The Hall–Kier alpha value is -0.860. The lowest BCUT2D eigenvalue weighted by atomic mass is 9.88. The molecule has 2 fully saturated rings. The van der Waals surface area contributed by atoms with Gasteiger partial charge in [0.05, 0.1) is 0 Å². The summed E-state index contributed by atoms with van der Waals surface area (Å²) in [6.07, 6.45) is 5.46. The van der Waals surface area contributed by atoms with Crippen molar-refractivity contribution in [2.24, 2.45) is 11.8 Å². The van der Waals surface area contributed by atoms with Crippen molar-refractivity contribution in [3.05, 3.63) is 35.4 Å². The summed E-state index contributed by atoms with van der Waals surface area (Å²) in [7, 11) is 2.27. The van der Waals surface area contributed by atoms with Crippen LogP contribution in [0.2, 0.25) is 0 Å². The van der Waals surface area contributed by atoms with Gasteiger partial charge in [0.1, 0.15) is 0 Å². The van der Waals surface area contributed by atoms with Crippen molar-refractivity contribution in [2.45, 2.75) is 38.6 Å². The molecule has 1 N–H and O–H groups in total. The Morgan fingerprint density at radius 1 is 1.10 bits per heavy atom. The molecule has 0 spiro atoms. The minimum atomic E-state index is 0.699. The van der Waals surface area contributed by atoms with Gasteiger partial charge in [0.2, 0.25) is 0 Å². The van der Waals surface area contributed by atoms with Crippen LogP contribution in [0.1, 0.15) is 30.4 Å². The zero-order chi connectivity index (χ0) is 13.9. The van der Waals surface area contributed by atoms with Crippen LogP contribution in [-0.2, 0) is 6.42 Å². The molecular formula is C18H28N2. The Bertz CT molecular complexity index is 422. The van der Waals surface area contributed by atoms with Crippen LogP contribution in [0, 0.1) is 18.8 Å². The van der Waals surface area contributed by atoms with Gasteiger partial charge < -0.3 is 10.2 Å². The first-order chi connectivity index (χ1) is 9.69. The van der Waals surface area contributed by atoms with Crippen LogP contribution < -0.4 is 5.32 Å². The summed E-state index contributed by atoms with van der Waals surface area (Å²) < 4.78 is 0. The molecule has 1 aromatic rings. The predicted octanol–water partition coefficient (Wildman–Crippen LogP) is 2.86. The Labute approximate surface area is 123 Å². The fourth-order valence-corrected chi connectivity index (χ4v) is 3.45. The third-order valence-electron chi connectivity index (χ3n) is 4.76. The monoisotopic (exact) mass is 272 g/mol. The Morgan fingerprint density at radius 2 is 1.85 bits per heavy atom. The molecule has 1 heterocycles. The van der Waals surface area contributed by atoms with E-state index in [0.29, 0.717) is 6.04 Å². The minimum absolute atomic E-state index is 0.699. The molecule has 110 valence electrons. The maximum absolute atomic E-state index is 3.80. The van der Waals surface area contributed by atoms with E-state index >= 15 is 0 Å². The van der Waals surface area contributed by atoms with Crippen molar-refractivity contribution in [1.29, 1.82) is 0 Å². The van der Waals surface area contributed by atoms with Gasteiger partial charge in [-0.15, -0.1) is 0 Å². The number of nitrogens with zero attached hydrogens (tertiary/aromatic N) is 1. The van der Waals surface area contributed by atoms with Crippen LogP contribution in [0.25, 0.3) is 0 Å². The number of rotatable bonds is 5. The Kier molecular flexibility index (Phi) is 4.42. The lowest BCUT2D eigenvalue weighted by molar-refractivity contribution is 0.168. The van der Waals surface area contributed by atoms with E-state index in [2.05, 4.69) is 48.5 Å². The first kappa shape index (κ1) is 14.1. The average molecular weight is 272 g/mol. The third-order valence-corrected chi connectivity index (χ3v) is 4.76. The van der Waals surface area contributed by atoms with Crippen LogP contribution in [0.3, 0.4) is 0 Å². The quantitative estimate of drug-likeness (QED) is 0.886. The molecular weight excluding hydrogens is 244 g/mol. The van der Waals surface area contributed by atoms with Crippen LogP contribution in [0.4, 0.5) is 0 Å². The number of piperidine rings is 1. The van der Waals surface area contributed by atoms with Crippen molar-refractivity contribution < 1.29 is 0 Å². The topological polar surface area (TPSA) is 15.3 Å². The summed E-state index contributed by atoms with van der Waals surface area (Å²) in [6.45, 7) is 5.87. The van der Waals surface area contributed by atoms with Crippen LogP contribution in [0.15, 0.2) is 24.3 Å². The van der Waals surface area contributed by atoms with Crippen LogP contribution in [0.5, 0.6) is 0 Å². The lowest BCUT2D eigenvalue weighted by Gasteiger charge is -2.36. The number of likely N-dealkylation sites (tertiary alicyclic amines) is 1. The fraction of sp³-hybridized carbons (Fsp3) is 0.667. The van der Waals surface area contributed by atoms with Crippen LogP contribution in [-0.4, -0.2) is 37.6 Å². The highest BCUT2D eigenvalue weighted by atomic mass is 15.1. The molecule has 1 aliphatic carbocycles. The molecule has 2 atom stereocenters.